The summed E-state index contributed by atoms with van der Waals surface area (Å²) >= 11 is 12.1. The molecule has 13 heteroatoms. The summed E-state index contributed by atoms with van der Waals surface area (Å²) in [4.78, 5) is 51.8. The number of benzene rings is 4. The third-order valence-electron chi connectivity index (χ3n) is 11.5. The molecule has 0 spiro atoms. The van der Waals surface area contributed by atoms with Crippen molar-refractivity contribution in [1.82, 2.24) is 9.13 Å². The van der Waals surface area contributed by atoms with Gasteiger partial charge in [-0.05, 0) is 110 Å². The van der Waals surface area contributed by atoms with Gasteiger partial charge in [-0.1, -0.05) is 96.4 Å². The van der Waals surface area contributed by atoms with Gasteiger partial charge in [-0.3, -0.25) is 23.6 Å². The van der Waals surface area contributed by atoms with Crippen LogP contribution in [0.2, 0.25) is 10.0 Å². The Hall–Kier alpha value is -5.65. The Labute approximate surface area is 419 Å². The number of fused-ring (bicyclic) bond motifs is 2. The van der Waals surface area contributed by atoms with Gasteiger partial charge in [0.15, 0.2) is 11.6 Å². The Balaban J connectivity index is 0.000000346. The number of ketones is 2. The molecule has 2 N–H and O–H groups in total. The van der Waals surface area contributed by atoms with Gasteiger partial charge in [-0.2, -0.15) is 0 Å². The topological polar surface area (TPSA) is 137 Å². The van der Waals surface area contributed by atoms with E-state index < -0.39 is 24.0 Å². The Morgan fingerprint density at radius 3 is 1.41 bits per heavy atom. The van der Waals surface area contributed by atoms with Gasteiger partial charge < -0.3 is 28.8 Å². The monoisotopic (exact) mass is 989 g/mol. The summed E-state index contributed by atoms with van der Waals surface area (Å²) in [5.74, 6) is -0.509. The van der Waals surface area contributed by atoms with Crippen molar-refractivity contribution in [1.29, 1.82) is 0 Å². The molecule has 6 aromatic rings. The van der Waals surface area contributed by atoms with E-state index in [4.69, 9.17) is 34.0 Å². The molecule has 0 fully saturated rings. The number of halogens is 3. The Morgan fingerprint density at radius 2 is 1.03 bits per heavy atom. The summed E-state index contributed by atoms with van der Waals surface area (Å²) < 4.78 is 30.2. The van der Waals surface area contributed by atoms with Gasteiger partial charge in [-0.25, -0.2) is 0 Å². The lowest BCUT2D eigenvalue weighted by atomic mass is 9.83. The van der Waals surface area contributed by atoms with Crippen LogP contribution >= 0.6 is 23.2 Å². The molecule has 0 aliphatic carbocycles. The number of alkyl halides is 1. The number of hydrogen-bond donors (Lipinski definition) is 2. The normalized spacial score (nSPS) is 12.0. The molecule has 69 heavy (non-hydrogen) atoms. The number of carbonyl (C=O) groups excluding carboxylic acids is 3. The molecule has 2 heterocycles. The number of esters is 1. The highest BCUT2D eigenvalue weighted by Crippen LogP contribution is 2.39. The maximum absolute atomic E-state index is 13.7. The van der Waals surface area contributed by atoms with Crippen molar-refractivity contribution in [2.24, 2.45) is 21.7 Å². The third-order valence-corrected chi connectivity index (χ3v) is 12.0. The van der Waals surface area contributed by atoms with Crippen molar-refractivity contribution < 1.29 is 44.6 Å². The van der Waals surface area contributed by atoms with Crippen molar-refractivity contribution in [3.8, 4) is 11.5 Å². The van der Waals surface area contributed by atoms with E-state index in [0.29, 0.717) is 70.4 Å². The van der Waals surface area contributed by atoms with E-state index in [1.807, 2.05) is 93.8 Å². The number of carbonyl (C=O) groups is 4. The molecule has 0 saturated heterocycles. The molecular weight excluding hydrogens is 919 g/mol. The van der Waals surface area contributed by atoms with Gasteiger partial charge in [0.1, 0.15) is 11.5 Å². The molecule has 2 aromatic heterocycles. The fourth-order valence-corrected chi connectivity index (χ4v) is 8.46. The number of aliphatic carboxylic acids is 1. The number of ether oxygens (including phenoxy) is 2. The second-order valence-electron chi connectivity index (χ2n) is 20.9. The first-order chi connectivity index (χ1) is 32.1. The van der Waals surface area contributed by atoms with Crippen LogP contribution in [0, 0.1) is 21.7 Å². The van der Waals surface area contributed by atoms with Crippen molar-refractivity contribution in [3.63, 3.8) is 0 Å². The zero-order valence-corrected chi connectivity index (χ0v) is 42.9. The Morgan fingerprint density at radius 1 is 0.638 bits per heavy atom. The summed E-state index contributed by atoms with van der Waals surface area (Å²) in [7, 11) is 2.01. The molecule has 0 aliphatic heterocycles. The highest BCUT2D eigenvalue weighted by molar-refractivity contribution is 6.30. The summed E-state index contributed by atoms with van der Waals surface area (Å²) in [5.41, 5.74) is 4.04. The first kappa shape index (κ1) is 55.9. The molecule has 0 aliphatic rings. The van der Waals surface area contributed by atoms with E-state index in [1.54, 1.807) is 51.3 Å². The average Bonchev–Trinajstić information content (AvgIpc) is 3.70. The Kier molecular flexibility index (Phi) is 18.9. The minimum atomic E-state index is -1.08. The van der Waals surface area contributed by atoms with Crippen LogP contribution in [0.25, 0.3) is 21.8 Å². The minimum absolute atomic E-state index is 0. The predicted molar refractivity (Wildman–Crippen MR) is 278 cm³/mol. The fraction of sp³-hybridized carbons (Fsp3) is 0.429. The number of aromatic nitrogens is 2. The number of phenols is 1. The van der Waals surface area contributed by atoms with Gasteiger partial charge in [0.25, 0.3) is 0 Å². The quantitative estimate of drug-likeness (QED) is 0.0766. The fourth-order valence-electron chi connectivity index (χ4n) is 8.21. The lowest BCUT2D eigenvalue weighted by Gasteiger charge is -2.24. The highest BCUT2D eigenvalue weighted by Gasteiger charge is 2.36. The van der Waals surface area contributed by atoms with E-state index in [2.05, 4.69) is 25.3 Å². The summed E-state index contributed by atoms with van der Waals surface area (Å²) in [6.45, 7) is 20.2. The second-order valence-corrected chi connectivity index (χ2v) is 21.8. The van der Waals surface area contributed by atoms with Crippen LogP contribution in [0.1, 0.15) is 134 Å². The number of aromatic hydroxyl groups is 1. The lowest BCUT2D eigenvalue weighted by Crippen LogP contribution is -2.30. The summed E-state index contributed by atoms with van der Waals surface area (Å²) in [6.07, 6.45) is 1.23. The largest absolute Gasteiger partial charge is 0.508 e. The number of hydrogen-bond acceptors (Lipinski definition) is 7. The number of phenolic OH excluding ortho intramolecular Hbond substituents is 1. The van der Waals surface area contributed by atoms with Crippen LogP contribution in [0.4, 0.5) is 4.39 Å². The SMILES string of the molecule is C.CC(C)(C)CC(=O)c1c(CC(C)(C)C(=O)O)n(Cc2ccc(Cl)cc2)c2ccc(O)cc12.COC(=O)C(C)(C)Cc1c(C(=O)CC(C)(C)C)c2cc(OC)ccc2n1Cc1ccc(Cl)cc1.[2H]CF. The number of Topliss-reactive ketones (excluding diaryl/α,β-unsaturated/α-hetero) is 2. The van der Waals surface area contributed by atoms with Crippen molar-refractivity contribution in [3.05, 3.63) is 129 Å². The van der Waals surface area contributed by atoms with Gasteiger partial charge in [0.05, 0.1) is 33.6 Å². The van der Waals surface area contributed by atoms with Crippen molar-refractivity contribution in [2.75, 3.05) is 21.4 Å². The maximum Gasteiger partial charge on any atom is 0.311 e. The van der Waals surface area contributed by atoms with Crippen LogP contribution in [0.3, 0.4) is 0 Å². The third kappa shape index (κ3) is 14.7. The van der Waals surface area contributed by atoms with Crippen LogP contribution in [-0.2, 0) is 40.3 Å². The molecule has 0 bridgehead atoms. The molecule has 374 valence electrons. The second kappa shape index (κ2) is 23.3. The van der Waals surface area contributed by atoms with Crippen molar-refractivity contribution in [2.45, 2.75) is 115 Å². The molecule has 0 atom stereocenters. The van der Waals surface area contributed by atoms with Gasteiger partial charge in [0.2, 0.25) is 0 Å². The molecular formula is C56H71Cl2FN2O8. The van der Waals surface area contributed by atoms with Crippen LogP contribution in [0.5, 0.6) is 11.5 Å². The smallest absolute Gasteiger partial charge is 0.311 e. The first-order valence-electron chi connectivity index (χ1n) is 23.0. The van der Waals surface area contributed by atoms with E-state index in [0.717, 1.165) is 33.2 Å². The van der Waals surface area contributed by atoms with E-state index >= 15 is 0 Å². The molecule has 0 saturated carbocycles. The van der Waals surface area contributed by atoms with Crippen LogP contribution < -0.4 is 4.74 Å². The van der Waals surface area contributed by atoms with E-state index in [1.165, 1.54) is 7.11 Å². The number of carboxylic acids is 1. The van der Waals surface area contributed by atoms with Gasteiger partial charge in [0, 0.05) is 93.1 Å². The summed E-state index contributed by atoms with van der Waals surface area (Å²) in [6, 6.07) is 25.9. The predicted octanol–water partition coefficient (Wildman–Crippen LogP) is 14.3. The molecule has 6 rings (SSSR count). The van der Waals surface area contributed by atoms with E-state index in [-0.39, 0.29) is 48.0 Å². The number of methoxy groups -OCH3 is 2. The zero-order chi connectivity index (χ0) is 51.8. The average molecular weight is 991 g/mol. The number of carboxylic acid groups (broad SMARTS) is 1. The maximum atomic E-state index is 13.7. The molecule has 0 amide bonds. The van der Waals surface area contributed by atoms with Gasteiger partial charge in [-0.15, -0.1) is 0 Å². The van der Waals surface area contributed by atoms with Crippen molar-refractivity contribution >= 4 is 68.5 Å². The van der Waals surface area contributed by atoms with E-state index in [9.17, 15) is 33.8 Å². The molecule has 0 radical (unpaired) electrons. The standard InChI is InChI=1S/C28H34ClNO4.C26H30ClNO4.CH3F.CH4/c1-27(2,3)16-24(31)25-21-14-20(33-6)12-13-22(21)30(17-18-8-10-19(29)11-9-18)23(25)15-28(4,5)26(32)34-7;1-25(2,3)14-22(30)23-19-12-18(29)10-11-20(19)28(15-16-6-8-17(27)9-7-16)21(23)13-26(4,5)24(31)32;1-2;/h8-14H,15-17H2,1-7H3;6-12,29H,13-15H2,1-5H3,(H,31,32);1H3;1H4/i;;1D;. The zero-order valence-electron chi connectivity index (χ0n) is 42.4. The minimum Gasteiger partial charge on any atom is -0.508 e. The molecule has 0 unspecified atom stereocenters. The molecule has 10 nitrogen and oxygen atoms in total. The molecule has 4 aromatic carbocycles. The highest BCUT2D eigenvalue weighted by atomic mass is 35.5. The van der Waals surface area contributed by atoms with Crippen LogP contribution in [-0.4, -0.2) is 64.2 Å². The lowest BCUT2D eigenvalue weighted by molar-refractivity contribution is -0.150. The Bertz CT molecular complexity index is 2780. The number of nitrogens with zero attached hydrogens (tertiary/aromatic N) is 2. The van der Waals surface area contributed by atoms with Gasteiger partial charge >= 0.3 is 11.9 Å². The first-order valence-corrected chi connectivity index (χ1v) is 23.1. The summed E-state index contributed by atoms with van der Waals surface area (Å²) in [5, 5.41) is 22.8. The van der Waals surface area contributed by atoms with Crippen LogP contribution in [0.15, 0.2) is 84.9 Å². The number of rotatable bonds is 15.